The Kier molecular flexibility index (Phi) is 4.79. The van der Waals surface area contributed by atoms with Crippen LogP contribution in [0.15, 0.2) is 30.3 Å². The van der Waals surface area contributed by atoms with Crippen molar-refractivity contribution in [1.29, 1.82) is 0 Å². The number of nitrogens with zero attached hydrogens (tertiary/aromatic N) is 2. The predicted octanol–water partition coefficient (Wildman–Crippen LogP) is 2.20. The van der Waals surface area contributed by atoms with E-state index in [9.17, 15) is 4.79 Å². The van der Waals surface area contributed by atoms with Gasteiger partial charge in [-0.2, -0.15) is 0 Å². The van der Waals surface area contributed by atoms with E-state index in [0.29, 0.717) is 30.5 Å². The fraction of sp³-hybridized carbons (Fsp3) is 0.353. The van der Waals surface area contributed by atoms with Gasteiger partial charge in [0.2, 0.25) is 6.79 Å². The summed E-state index contributed by atoms with van der Waals surface area (Å²) >= 11 is 0. The Morgan fingerprint density at radius 2 is 2.00 bits per heavy atom. The molecule has 1 aliphatic heterocycles. The quantitative estimate of drug-likeness (QED) is 0.845. The normalized spacial score (nSPS) is 12.3. The Bertz CT molecular complexity index is 716. The van der Waals surface area contributed by atoms with Crippen LogP contribution in [-0.4, -0.2) is 29.4 Å². The van der Waals surface area contributed by atoms with Gasteiger partial charge < -0.3 is 20.1 Å². The smallest absolute Gasteiger partial charge is 0.271 e. The van der Waals surface area contributed by atoms with E-state index < -0.39 is 0 Å². The first-order valence-corrected chi connectivity index (χ1v) is 7.86. The van der Waals surface area contributed by atoms with Gasteiger partial charge in [-0.05, 0) is 35.7 Å². The summed E-state index contributed by atoms with van der Waals surface area (Å²) in [5.74, 6) is 2.30. The fourth-order valence-electron chi connectivity index (χ4n) is 2.18. The first-order chi connectivity index (χ1) is 11.6. The molecule has 0 atom stereocenters. The lowest BCUT2D eigenvalue weighted by molar-refractivity contribution is 0.0943. The molecular weight excluding hydrogens is 308 g/mol. The van der Waals surface area contributed by atoms with Crippen molar-refractivity contribution in [3.05, 3.63) is 41.6 Å². The molecule has 7 nitrogen and oxygen atoms in total. The van der Waals surface area contributed by atoms with Crippen molar-refractivity contribution in [3.63, 3.8) is 0 Å². The first kappa shape index (κ1) is 16.0. The van der Waals surface area contributed by atoms with E-state index in [0.717, 1.165) is 17.1 Å². The molecule has 0 aliphatic carbocycles. The van der Waals surface area contributed by atoms with Crippen LogP contribution < -0.4 is 20.1 Å². The molecule has 3 rings (SSSR count). The van der Waals surface area contributed by atoms with Crippen molar-refractivity contribution < 1.29 is 14.3 Å². The molecule has 0 saturated heterocycles. The number of amides is 1. The summed E-state index contributed by atoms with van der Waals surface area (Å²) in [6.45, 7) is 5.52. The number of anilines is 1. The molecule has 24 heavy (non-hydrogen) atoms. The lowest BCUT2D eigenvalue weighted by Gasteiger charge is -2.08. The molecule has 1 aliphatic rings. The van der Waals surface area contributed by atoms with Crippen molar-refractivity contribution >= 4 is 11.7 Å². The van der Waals surface area contributed by atoms with E-state index in [1.54, 1.807) is 12.1 Å². The van der Waals surface area contributed by atoms with Gasteiger partial charge in [0, 0.05) is 13.1 Å². The van der Waals surface area contributed by atoms with E-state index in [4.69, 9.17) is 9.47 Å². The lowest BCUT2D eigenvalue weighted by Crippen LogP contribution is -2.28. The molecule has 0 radical (unpaired) electrons. The third kappa shape index (κ3) is 3.92. The fourth-order valence-corrected chi connectivity index (χ4v) is 2.18. The van der Waals surface area contributed by atoms with E-state index in [1.165, 1.54) is 0 Å². The van der Waals surface area contributed by atoms with E-state index in [1.807, 2.05) is 32.0 Å². The van der Waals surface area contributed by atoms with Gasteiger partial charge in [-0.15, -0.1) is 10.2 Å². The zero-order chi connectivity index (χ0) is 16.9. The average molecular weight is 328 g/mol. The number of hydrogen-bond acceptors (Lipinski definition) is 6. The maximum Gasteiger partial charge on any atom is 0.271 e. The van der Waals surface area contributed by atoms with Crippen LogP contribution in [0.1, 0.15) is 29.9 Å². The Balaban J connectivity index is 1.55. The molecule has 0 fully saturated rings. The third-order valence-electron chi connectivity index (χ3n) is 3.48. The van der Waals surface area contributed by atoms with Crippen molar-refractivity contribution in [2.45, 2.75) is 20.4 Å². The van der Waals surface area contributed by atoms with Gasteiger partial charge in [-0.3, -0.25) is 4.79 Å². The minimum absolute atomic E-state index is 0.210. The van der Waals surface area contributed by atoms with Gasteiger partial charge in [-0.1, -0.05) is 19.9 Å². The number of rotatable bonds is 6. The second-order valence-corrected chi connectivity index (χ2v) is 5.95. The summed E-state index contributed by atoms with van der Waals surface area (Å²) in [7, 11) is 0. The Hall–Kier alpha value is -2.83. The van der Waals surface area contributed by atoms with Crippen molar-refractivity contribution in [2.75, 3.05) is 18.7 Å². The zero-order valence-electron chi connectivity index (χ0n) is 13.7. The number of aromatic nitrogens is 2. The van der Waals surface area contributed by atoms with Crippen LogP contribution in [0.25, 0.3) is 0 Å². The van der Waals surface area contributed by atoms with Crippen LogP contribution in [-0.2, 0) is 6.54 Å². The van der Waals surface area contributed by atoms with E-state index >= 15 is 0 Å². The summed E-state index contributed by atoms with van der Waals surface area (Å²) < 4.78 is 10.6. The summed E-state index contributed by atoms with van der Waals surface area (Å²) in [6.07, 6.45) is 0. The number of fused-ring (bicyclic) bond motifs is 1. The first-order valence-electron chi connectivity index (χ1n) is 7.86. The van der Waals surface area contributed by atoms with Crippen LogP contribution in [0.3, 0.4) is 0 Å². The van der Waals surface area contributed by atoms with Crippen LogP contribution in [0.2, 0.25) is 0 Å². The second kappa shape index (κ2) is 7.16. The van der Waals surface area contributed by atoms with Crippen LogP contribution in [0, 0.1) is 5.92 Å². The number of carbonyl (C=O) groups excluding carboxylic acids is 1. The molecule has 2 heterocycles. The van der Waals surface area contributed by atoms with Crippen LogP contribution >= 0.6 is 0 Å². The van der Waals surface area contributed by atoms with Gasteiger partial charge in [-0.25, -0.2) is 0 Å². The minimum Gasteiger partial charge on any atom is -0.454 e. The molecule has 2 aromatic rings. The van der Waals surface area contributed by atoms with E-state index in [2.05, 4.69) is 20.8 Å². The SMILES string of the molecule is CC(C)CNC(=O)c1ccc(NCc2ccc3c(c2)OCO3)nn1. The monoisotopic (exact) mass is 328 g/mol. The highest BCUT2D eigenvalue weighted by atomic mass is 16.7. The van der Waals surface area contributed by atoms with E-state index in [-0.39, 0.29) is 12.7 Å². The molecule has 1 aromatic heterocycles. The molecule has 0 unspecified atom stereocenters. The summed E-state index contributed by atoms with van der Waals surface area (Å²) in [5, 5.41) is 14.0. The van der Waals surface area contributed by atoms with Crippen molar-refractivity contribution in [1.82, 2.24) is 15.5 Å². The van der Waals surface area contributed by atoms with Crippen molar-refractivity contribution in [2.24, 2.45) is 5.92 Å². The molecular formula is C17H20N4O3. The molecule has 0 saturated carbocycles. The molecule has 0 spiro atoms. The largest absolute Gasteiger partial charge is 0.454 e. The zero-order valence-corrected chi connectivity index (χ0v) is 13.7. The Morgan fingerprint density at radius 3 is 2.75 bits per heavy atom. The maximum absolute atomic E-state index is 11.9. The summed E-state index contributed by atoms with van der Waals surface area (Å²) in [6, 6.07) is 9.17. The minimum atomic E-state index is -0.210. The highest BCUT2D eigenvalue weighted by Gasteiger charge is 2.13. The molecule has 0 bridgehead atoms. The summed E-state index contributed by atoms with van der Waals surface area (Å²) in [4.78, 5) is 11.9. The molecule has 2 N–H and O–H groups in total. The van der Waals surface area contributed by atoms with Gasteiger partial charge in [0.05, 0.1) is 0 Å². The second-order valence-electron chi connectivity index (χ2n) is 5.95. The number of benzene rings is 1. The van der Waals surface area contributed by atoms with Gasteiger partial charge >= 0.3 is 0 Å². The van der Waals surface area contributed by atoms with Crippen LogP contribution in [0.5, 0.6) is 11.5 Å². The third-order valence-corrected chi connectivity index (χ3v) is 3.48. The molecule has 1 aromatic carbocycles. The Morgan fingerprint density at radius 1 is 1.17 bits per heavy atom. The lowest BCUT2D eigenvalue weighted by atomic mass is 10.2. The standard InChI is InChI=1S/C17H20N4O3/c1-11(2)8-19-17(22)13-4-6-16(21-20-13)18-9-12-3-5-14-15(7-12)24-10-23-14/h3-7,11H,8-10H2,1-2H3,(H,18,21)(H,19,22). The van der Waals surface area contributed by atoms with Gasteiger partial charge in [0.25, 0.3) is 5.91 Å². The van der Waals surface area contributed by atoms with Gasteiger partial charge in [0.15, 0.2) is 17.2 Å². The maximum atomic E-state index is 11.9. The van der Waals surface area contributed by atoms with Gasteiger partial charge in [0.1, 0.15) is 5.82 Å². The topological polar surface area (TPSA) is 85.4 Å². The number of carbonyl (C=O) groups is 1. The average Bonchev–Trinajstić information content (AvgIpc) is 3.06. The molecule has 1 amide bonds. The number of hydrogen-bond donors (Lipinski definition) is 2. The number of ether oxygens (including phenoxy) is 2. The van der Waals surface area contributed by atoms with Crippen LogP contribution in [0.4, 0.5) is 5.82 Å². The van der Waals surface area contributed by atoms with Crippen molar-refractivity contribution in [3.8, 4) is 11.5 Å². The predicted molar refractivity (Wildman–Crippen MR) is 89.1 cm³/mol. The number of nitrogens with one attached hydrogen (secondary N) is 2. The molecule has 7 heteroatoms. The molecule has 126 valence electrons. The summed E-state index contributed by atoms with van der Waals surface area (Å²) in [5.41, 5.74) is 1.35. The highest BCUT2D eigenvalue weighted by molar-refractivity contribution is 5.92. The Labute approximate surface area is 140 Å². The highest BCUT2D eigenvalue weighted by Crippen LogP contribution is 2.32.